The summed E-state index contributed by atoms with van der Waals surface area (Å²) in [5.74, 6) is -2.46. The van der Waals surface area contributed by atoms with Crippen molar-refractivity contribution in [3.05, 3.63) is 41.2 Å². The van der Waals surface area contributed by atoms with E-state index in [2.05, 4.69) is 20.3 Å². The van der Waals surface area contributed by atoms with Gasteiger partial charge in [0.05, 0.1) is 12.0 Å². The average molecular weight is 600 g/mol. The van der Waals surface area contributed by atoms with Crippen LogP contribution in [-0.2, 0) is 11.0 Å². The van der Waals surface area contributed by atoms with Crippen molar-refractivity contribution in [2.45, 2.75) is 39.4 Å². The summed E-state index contributed by atoms with van der Waals surface area (Å²) < 4.78 is 70.2. The largest absolute Gasteiger partial charge is 0.481 e. The second-order valence-corrected chi connectivity index (χ2v) is 10.9. The summed E-state index contributed by atoms with van der Waals surface area (Å²) >= 11 is 1.07. The Balaban J connectivity index is 1.65. The number of nitrogens with zero attached hydrogens (tertiary/aromatic N) is 6. The SMILES string of the molecule is Cc1nc(Nc2nc(-c3cc(F)cc(C(F)(F)F)c3)c(N(C)C(C)C)s2)c(F)c(N2CCN(CCC(=O)O)CC2)n1. The molecule has 0 radical (unpaired) electrons. The van der Waals surface area contributed by atoms with Crippen molar-refractivity contribution in [3.8, 4) is 11.3 Å². The van der Waals surface area contributed by atoms with Crippen LogP contribution in [0.5, 0.6) is 0 Å². The smallest absolute Gasteiger partial charge is 0.416 e. The summed E-state index contributed by atoms with van der Waals surface area (Å²) in [5.41, 5.74) is -1.09. The summed E-state index contributed by atoms with van der Waals surface area (Å²) in [7, 11) is 1.74. The first-order valence-corrected chi connectivity index (χ1v) is 13.7. The van der Waals surface area contributed by atoms with E-state index in [0.717, 1.165) is 23.5 Å². The molecule has 15 heteroatoms. The number of carboxylic acids is 1. The number of carbonyl (C=O) groups is 1. The number of aryl methyl sites for hydroxylation is 1. The molecular formula is C26H30F5N7O2S. The van der Waals surface area contributed by atoms with Gasteiger partial charge in [-0.05, 0) is 39.0 Å². The Morgan fingerprint density at radius 1 is 1.12 bits per heavy atom. The minimum absolute atomic E-state index is 0.0198. The van der Waals surface area contributed by atoms with Gasteiger partial charge in [0.2, 0.25) is 5.82 Å². The Bertz CT molecular complexity index is 1410. The molecule has 3 aromatic rings. The van der Waals surface area contributed by atoms with Crippen LogP contribution in [0.4, 0.5) is 43.7 Å². The van der Waals surface area contributed by atoms with Crippen LogP contribution in [0.1, 0.15) is 31.7 Å². The number of aliphatic carboxylic acids is 1. The van der Waals surface area contributed by atoms with Gasteiger partial charge >= 0.3 is 12.1 Å². The number of alkyl halides is 3. The lowest BCUT2D eigenvalue weighted by molar-refractivity contribution is -0.138. The van der Waals surface area contributed by atoms with Gasteiger partial charge in [0, 0.05) is 51.4 Å². The summed E-state index contributed by atoms with van der Waals surface area (Å²) in [4.78, 5) is 29.3. The second kappa shape index (κ2) is 12.1. The van der Waals surface area contributed by atoms with Gasteiger partial charge in [0.1, 0.15) is 22.3 Å². The first kappa shape index (κ1) is 30.4. The number of halogens is 5. The van der Waals surface area contributed by atoms with Crippen LogP contribution >= 0.6 is 11.3 Å². The lowest BCUT2D eigenvalue weighted by Gasteiger charge is -2.35. The van der Waals surface area contributed by atoms with Gasteiger partial charge < -0.3 is 20.2 Å². The summed E-state index contributed by atoms with van der Waals surface area (Å²) in [5, 5.41) is 12.4. The van der Waals surface area contributed by atoms with E-state index in [-0.39, 0.29) is 46.3 Å². The summed E-state index contributed by atoms with van der Waals surface area (Å²) in [6.07, 6.45) is -4.73. The highest BCUT2D eigenvalue weighted by atomic mass is 32.1. The highest BCUT2D eigenvalue weighted by Crippen LogP contribution is 2.42. The lowest BCUT2D eigenvalue weighted by Crippen LogP contribution is -2.47. The van der Waals surface area contributed by atoms with E-state index in [1.807, 2.05) is 18.7 Å². The average Bonchev–Trinajstić information content (AvgIpc) is 3.32. The Labute approximate surface area is 237 Å². The lowest BCUT2D eigenvalue weighted by atomic mass is 10.1. The molecule has 0 saturated carbocycles. The molecule has 2 aromatic heterocycles. The Morgan fingerprint density at radius 2 is 1.80 bits per heavy atom. The number of nitrogens with one attached hydrogen (secondary N) is 1. The fraction of sp³-hybridized carbons (Fsp3) is 0.462. The van der Waals surface area contributed by atoms with E-state index in [1.165, 1.54) is 0 Å². The summed E-state index contributed by atoms with van der Waals surface area (Å²) in [6.45, 7) is 7.69. The zero-order valence-corrected chi connectivity index (χ0v) is 23.7. The zero-order valence-electron chi connectivity index (χ0n) is 22.9. The fourth-order valence-corrected chi connectivity index (χ4v) is 5.37. The Kier molecular flexibility index (Phi) is 8.97. The third kappa shape index (κ3) is 7.19. The standard InChI is InChI=1S/C26H30F5N7O2S/c1-14(2)36(4)24-21(16-11-17(26(29,30)31)13-18(27)12-16)34-25(41-24)35-22-20(28)23(33-15(3)32-22)38-9-7-37(8-10-38)6-5-19(39)40/h11-14H,5-10H2,1-4H3,(H,39,40)(H,32,33,34,35). The highest BCUT2D eigenvalue weighted by Gasteiger charge is 2.32. The van der Waals surface area contributed by atoms with E-state index in [1.54, 1.807) is 23.8 Å². The molecule has 4 rings (SSSR count). The van der Waals surface area contributed by atoms with E-state index in [0.29, 0.717) is 43.8 Å². The molecule has 1 aromatic carbocycles. The third-order valence-corrected chi connectivity index (χ3v) is 7.75. The van der Waals surface area contributed by atoms with Gasteiger partial charge in [-0.2, -0.15) is 17.6 Å². The number of rotatable bonds is 9. The number of benzene rings is 1. The van der Waals surface area contributed by atoms with Gasteiger partial charge in [-0.15, -0.1) is 0 Å². The van der Waals surface area contributed by atoms with Crippen molar-refractivity contribution < 1.29 is 31.9 Å². The van der Waals surface area contributed by atoms with E-state index >= 15 is 4.39 Å². The number of thiazole rings is 1. The normalized spacial score (nSPS) is 14.5. The molecule has 1 saturated heterocycles. The number of hydrogen-bond donors (Lipinski definition) is 2. The highest BCUT2D eigenvalue weighted by molar-refractivity contribution is 7.20. The van der Waals surface area contributed by atoms with Gasteiger partial charge in [-0.1, -0.05) is 11.3 Å². The fourth-order valence-electron chi connectivity index (χ4n) is 4.29. The van der Waals surface area contributed by atoms with Crippen molar-refractivity contribution in [2.75, 3.05) is 54.9 Å². The maximum absolute atomic E-state index is 15.7. The predicted octanol–water partition coefficient (Wildman–Crippen LogP) is 5.39. The molecule has 0 aliphatic carbocycles. The van der Waals surface area contributed by atoms with Gasteiger partial charge in [-0.25, -0.2) is 19.3 Å². The van der Waals surface area contributed by atoms with Gasteiger partial charge in [0.15, 0.2) is 16.8 Å². The molecule has 9 nitrogen and oxygen atoms in total. The molecule has 1 aliphatic heterocycles. The topological polar surface area (TPSA) is 97.7 Å². The van der Waals surface area contributed by atoms with Crippen molar-refractivity contribution >= 4 is 39.1 Å². The van der Waals surface area contributed by atoms with Crippen LogP contribution in [0.2, 0.25) is 0 Å². The van der Waals surface area contributed by atoms with Crippen LogP contribution in [0.15, 0.2) is 18.2 Å². The van der Waals surface area contributed by atoms with E-state index < -0.39 is 29.3 Å². The van der Waals surface area contributed by atoms with E-state index in [9.17, 15) is 22.4 Å². The van der Waals surface area contributed by atoms with Crippen molar-refractivity contribution in [2.24, 2.45) is 0 Å². The van der Waals surface area contributed by atoms with Crippen LogP contribution in [0, 0.1) is 18.6 Å². The van der Waals surface area contributed by atoms with Crippen molar-refractivity contribution in [1.29, 1.82) is 0 Å². The van der Waals surface area contributed by atoms with Crippen LogP contribution in [-0.4, -0.2) is 76.7 Å². The molecule has 0 spiro atoms. The van der Waals surface area contributed by atoms with Crippen LogP contribution < -0.4 is 15.1 Å². The minimum Gasteiger partial charge on any atom is -0.481 e. The molecule has 1 fully saturated rings. The zero-order chi connectivity index (χ0) is 30.1. The minimum atomic E-state index is -4.75. The molecule has 1 aliphatic rings. The number of anilines is 4. The molecule has 0 amide bonds. The molecular weight excluding hydrogens is 569 g/mol. The molecule has 0 atom stereocenters. The maximum Gasteiger partial charge on any atom is 0.416 e. The van der Waals surface area contributed by atoms with Crippen molar-refractivity contribution in [3.63, 3.8) is 0 Å². The molecule has 41 heavy (non-hydrogen) atoms. The van der Waals surface area contributed by atoms with Gasteiger partial charge in [0.25, 0.3) is 0 Å². The first-order chi connectivity index (χ1) is 19.2. The third-order valence-electron chi connectivity index (χ3n) is 6.69. The molecule has 2 N–H and O–H groups in total. The Morgan fingerprint density at radius 3 is 2.41 bits per heavy atom. The van der Waals surface area contributed by atoms with Crippen LogP contribution in [0.25, 0.3) is 11.3 Å². The number of carboxylic acid groups (broad SMARTS) is 1. The Hall–Kier alpha value is -3.59. The second-order valence-electron chi connectivity index (χ2n) is 9.96. The maximum atomic E-state index is 15.7. The number of hydrogen-bond acceptors (Lipinski definition) is 9. The number of aromatic nitrogens is 3. The number of piperazine rings is 1. The summed E-state index contributed by atoms with van der Waals surface area (Å²) in [6, 6.07) is 2.17. The van der Waals surface area contributed by atoms with Crippen molar-refractivity contribution in [1.82, 2.24) is 19.9 Å². The molecule has 3 heterocycles. The monoisotopic (exact) mass is 599 g/mol. The van der Waals surface area contributed by atoms with E-state index in [4.69, 9.17) is 5.11 Å². The molecule has 0 bridgehead atoms. The quantitative estimate of drug-likeness (QED) is 0.314. The molecule has 0 unspecified atom stereocenters. The van der Waals surface area contributed by atoms with Crippen LogP contribution in [0.3, 0.4) is 0 Å². The first-order valence-electron chi connectivity index (χ1n) is 12.8. The van der Waals surface area contributed by atoms with Gasteiger partial charge in [-0.3, -0.25) is 9.69 Å². The predicted molar refractivity (Wildman–Crippen MR) is 147 cm³/mol. The molecule has 222 valence electrons.